The van der Waals surface area contributed by atoms with Gasteiger partial charge in [-0.15, -0.1) is 0 Å². The van der Waals surface area contributed by atoms with E-state index in [-0.39, 0.29) is 48.7 Å². The molecule has 2 aliphatic heterocycles. The smallest absolute Gasteiger partial charge is 0.410 e. The molecule has 10 nitrogen and oxygen atoms in total. The van der Waals surface area contributed by atoms with Crippen LogP contribution in [0.15, 0.2) is 48.8 Å². The summed E-state index contributed by atoms with van der Waals surface area (Å²) in [5, 5.41) is 13.1. The number of hydrogen-bond acceptors (Lipinski definition) is 8. The number of hydrogen-bond donors (Lipinski definition) is 2. The van der Waals surface area contributed by atoms with E-state index in [0.29, 0.717) is 53.6 Å². The van der Waals surface area contributed by atoms with Gasteiger partial charge in [0.15, 0.2) is 0 Å². The SMILES string of the molecule is COc1nc(-c2cncc(CO)c2)c(O[C@H]2CCN3C(=O)OC[C@@H]3C2)cc1C(=O)NCc1ccc(Cl)cc1. The van der Waals surface area contributed by atoms with E-state index in [1.807, 2.05) is 12.1 Å². The summed E-state index contributed by atoms with van der Waals surface area (Å²) in [6.45, 7) is 0.942. The van der Waals surface area contributed by atoms with E-state index in [1.54, 1.807) is 41.6 Å². The fraction of sp³-hybridized carbons (Fsp3) is 0.333. The normalized spacial score (nSPS) is 18.5. The second-order valence-electron chi connectivity index (χ2n) is 9.13. The Morgan fingerprint density at radius 3 is 2.82 bits per heavy atom. The van der Waals surface area contributed by atoms with Crippen LogP contribution in [-0.2, 0) is 17.9 Å². The molecule has 3 aromatic rings. The Labute approximate surface area is 224 Å². The number of aliphatic hydroxyl groups excluding tert-OH is 1. The Morgan fingerprint density at radius 1 is 1.24 bits per heavy atom. The third-order valence-electron chi connectivity index (χ3n) is 6.60. The van der Waals surface area contributed by atoms with Crippen molar-refractivity contribution in [3.8, 4) is 22.9 Å². The third-order valence-corrected chi connectivity index (χ3v) is 6.85. The van der Waals surface area contributed by atoms with Gasteiger partial charge in [0.2, 0.25) is 5.88 Å². The molecular weight excluding hydrogens is 512 g/mol. The summed E-state index contributed by atoms with van der Waals surface area (Å²) in [4.78, 5) is 35.7. The van der Waals surface area contributed by atoms with Gasteiger partial charge < -0.3 is 29.5 Å². The Bertz CT molecular complexity index is 1340. The standard InChI is InChI=1S/C27H27ClN4O6/c1-36-26-22(25(34)30-12-16-2-4-19(28)5-3-16)10-23(24(31-26)18-8-17(14-33)11-29-13-18)38-21-6-7-32-20(9-21)15-37-27(32)35/h2-5,8,10-11,13,20-21,33H,6-7,9,12,14-15H2,1H3,(H,30,34)/t20-,21-/m0/s1. The zero-order valence-corrected chi connectivity index (χ0v) is 21.5. The van der Waals surface area contributed by atoms with Gasteiger partial charge in [-0.2, -0.15) is 0 Å². The number of rotatable bonds is 8. The van der Waals surface area contributed by atoms with Crippen LogP contribution in [0.2, 0.25) is 5.02 Å². The number of nitrogens with one attached hydrogen (secondary N) is 1. The largest absolute Gasteiger partial charge is 0.488 e. The van der Waals surface area contributed by atoms with Crippen LogP contribution in [-0.4, -0.2) is 64.4 Å². The average Bonchev–Trinajstić information content (AvgIpc) is 3.32. The molecule has 0 radical (unpaired) electrons. The highest BCUT2D eigenvalue weighted by atomic mass is 35.5. The minimum atomic E-state index is -0.382. The maximum absolute atomic E-state index is 13.2. The molecule has 2 saturated heterocycles. The van der Waals surface area contributed by atoms with E-state index in [2.05, 4.69) is 15.3 Å². The van der Waals surface area contributed by atoms with Crippen molar-refractivity contribution in [1.29, 1.82) is 0 Å². The van der Waals surface area contributed by atoms with Gasteiger partial charge in [0, 0.05) is 55.0 Å². The van der Waals surface area contributed by atoms with Crippen molar-refractivity contribution in [3.63, 3.8) is 0 Å². The predicted octanol–water partition coefficient (Wildman–Crippen LogP) is 3.59. The summed E-state index contributed by atoms with van der Waals surface area (Å²) >= 11 is 5.96. The fourth-order valence-corrected chi connectivity index (χ4v) is 4.75. The van der Waals surface area contributed by atoms with E-state index in [4.69, 9.17) is 25.8 Å². The van der Waals surface area contributed by atoms with Crippen molar-refractivity contribution in [2.45, 2.75) is 38.1 Å². The van der Waals surface area contributed by atoms with E-state index in [1.165, 1.54) is 7.11 Å². The zero-order valence-electron chi connectivity index (χ0n) is 20.7. The van der Waals surface area contributed by atoms with E-state index in [9.17, 15) is 14.7 Å². The molecule has 38 heavy (non-hydrogen) atoms. The quantitative estimate of drug-likeness (QED) is 0.446. The minimum Gasteiger partial charge on any atom is -0.488 e. The molecule has 0 spiro atoms. The molecule has 0 bridgehead atoms. The molecule has 198 valence electrons. The Balaban J connectivity index is 1.45. The molecule has 0 saturated carbocycles. The van der Waals surface area contributed by atoms with Gasteiger partial charge in [0.05, 0.1) is 19.8 Å². The number of benzene rings is 1. The van der Waals surface area contributed by atoms with E-state index < -0.39 is 0 Å². The summed E-state index contributed by atoms with van der Waals surface area (Å²) in [6, 6.07) is 10.5. The van der Waals surface area contributed by atoms with Gasteiger partial charge >= 0.3 is 6.09 Å². The minimum absolute atomic E-state index is 0.0579. The lowest BCUT2D eigenvalue weighted by atomic mass is 10.0. The van der Waals surface area contributed by atoms with Crippen molar-refractivity contribution in [3.05, 3.63) is 70.5 Å². The van der Waals surface area contributed by atoms with Crippen LogP contribution in [0.3, 0.4) is 0 Å². The molecule has 2 aliphatic rings. The highest BCUT2D eigenvalue weighted by molar-refractivity contribution is 6.30. The molecule has 2 amide bonds. The molecule has 2 aromatic heterocycles. The summed E-state index contributed by atoms with van der Waals surface area (Å²) in [7, 11) is 1.44. The van der Waals surface area contributed by atoms with Crippen molar-refractivity contribution < 1.29 is 28.9 Å². The third kappa shape index (κ3) is 5.51. The molecule has 0 unspecified atom stereocenters. The number of cyclic esters (lactones) is 1. The number of aromatic nitrogens is 2. The molecule has 11 heteroatoms. The first-order valence-corrected chi connectivity index (χ1v) is 12.6. The number of piperidine rings is 1. The van der Waals surface area contributed by atoms with Crippen LogP contribution in [0.5, 0.6) is 11.6 Å². The number of carbonyl (C=O) groups is 2. The van der Waals surface area contributed by atoms with Crippen LogP contribution < -0.4 is 14.8 Å². The number of pyridine rings is 2. The molecule has 5 rings (SSSR count). The monoisotopic (exact) mass is 538 g/mol. The lowest BCUT2D eigenvalue weighted by molar-refractivity contribution is 0.0913. The Morgan fingerprint density at radius 2 is 2.05 bits per heavy atom. The predicted molar refractivity (Wildman–Crippen MR) is 138 cm³/mol. The number of ether oxygens (including phenoxy) is 3. The maximum atomic E-state index is 13.2. The molecular formula is C27H27ClN4O6. The second-order valence-corrected chi connectivity index (χ2v) is 9.57. The first kappa shape index (κ1) is 25.7. The van der Waals surface area contributed by atoms with Crippen LogP contribution in [0.1, 0.15) is 34.3 Å². The fourth-order valence-electron chi connectivity index (χ4n) is 4.63. The summed E-state index contributed by atoms with van der Waals surface area (Å²) in [6.07, 6.45) is 3.84. The van der Waals surface area contributed by atoms with E-state index >= 15 is 0 Å². The van der Waals surface area contributed by atoms with Crippen LogP contribution in [0.4, 0.5) is 4.79 Å². The van der Waals surface area contributed by atoms with E-state index in [0.717, 1.165) is 5.56 Å². The number of aliphatic hydroxyl groups is 1. The molecule has 1 aromatic carbocycles. The van der Waals surface area contributed by atoms with Gasteiger partial charge in [-0.3, -0.25) is 9.78 Å². The maximum Gasteiger partial charge on any atom is 0.410 e. The van der Waals surface area contributed by atoms with Crippen LogP contribution in [0, 0.1) is 0 Å². The zero-order chi connectivity index (χ0) is 26.6. The molecule has 2 atom stereocenters. The number of nitrogens with zero attached hydrogens (tertiary/aromatic N) is 3. The second kappa shape index (κ2) is 11.2. The Kier molecular flexibility index (Phi) is 7.62. The summed E-state index contributed by atoms with van der Waals surface area (Å²) < 4.78 is 17.1. The van der Waals surface area contributed by atoms with Gasteiger partial charge in [-0.1, -0.05) is 23.7 Å². The molecule has 0 aliphatic carbocycles. The van der Waals surface area contributed by atoms with Crippen molar-refractivity contribution in [2.75, 3.05) is 20.3 Å². The van der Waals surface area contributed by atoms with Crippen LogP contribution in [0.25, 0.3) is 11.3 Å². The van der Waals surface area contributed by atoms with Crippen molar-refractivity contribution in [2.24, 2.45) is 0 Å². The number of fused-ring (bicyclic) bond motifs is 1. The number of halogens is 1. The highest BCUT2D eigenvalue weighted by Gasteiger charge is 2.39. The highest BCUT2D eigenvalue weighted by Crippen LogP contribution is 2.36. The number of carbonyl (C=O) groups excluding carboxylic acids is 2. The first-order valence-electron chi connectivity index (χ1n) is 12.2. The summed E-state index contributed by atoms with van der Waals surface area (Å²) in [5.74, 6) is 0.121. The summed E-state index contributed by atoms with van der Waals surface area (Å²) in [5.41, 5.74) is 2.74. The van der Waals surface area contributed by atoms with Gasteiger partial charge in [-0.05, 0) is 29.3 Å². The van der Waals surface area contributed by atoms with Crippen molar-refractivity contribution in [1.82, 2.24) is 20.2 Å². The van der Waals surface area contributed by atoms with Crippen LogP contribution >= 0.6 is 11.6 Å². The Hall–Kier alpha value is -3.89. The number of methoxy groups -OCH3 is 1. The molecule has 4 heterocycles. The molecule has 2 fully saturated rings. The molecule has 2 N–H and O–H groups in total. The topological polar surface area (TPSA) is 123 Å². The van der Waals surface area contributed by atoms with Gasteiger partial charge in [0.25, 0.3) is 5.91 Å². The van der Waals surface area contributed by atoms with Crippen molar-refractivity contribution >= 4 is 23.6 Å². The average molecular weight is 539 g/mol. The lowest BCUT2D eigenvalue weighted by Crippen LogP contribution is -2.44. The van der Waals surface area contributed by atoms with Gasteiger partial charge in [0.1, 0.15) is 29.7 Å². The first-order chi connectivity index (χ1) is 18.4. The van der Waals surface area contributed by atoms with Gasteiger partial charge in [-0.25, -0.2) is 9.78 Å². The lowest BCUT2D eigenvalue weighted by Gasteiger charge is -2.33. The number of amides is 2.